The lowest BCUT2D eigenvalue weighted by molar-refractivity contribution is -0.141. The first kappa shape index (κ1) is 17.7. The number of amides is 2. The Morgan fingerprint density at radius 1 is 1.05 bits per heavy atom. The van der Waals surface area contributed by atoms with E-state index in [9.17, 15) is 14.7 Å². The third-order valence-corrected chi connectivity index (χ3v) is 2.83. The first-order chi connectivity index (χ1) is 8.73. The molecule has 0 saturated carbocycles. The number of aliphatic hydroxyl groups excluding tert-OH is 1. The summed E-state index contributed by atoms with van der Waals surface area (Å²) in [7, 11) is 0. The van der Waals surface area contributed by atoms with Gasteiger partial charge in [-0.25, -0.2) is 9.59 Å². The van der Waals surface area contributed by atoms with Gasteiger partial charge in [-0.2, -0.15) is 0 Å². The second kappa shape index (κ2) is 8.74. The van der Waals surface area contributed by atoms with E-state index in [0.29, 0.717) is 5.92 Å². The van der Waals surface area contributed by atoms with E-state index in [2.05, 4.69) is 24.5 Å². The Balaban J connectivity index is 4.05. The van der Waals surface area contributed by atoms with Crippen LogP contribution in [0.5, 0.6) is 0 Å². The van der Waals surface area contributed by atoms with Crippen molar-refractivity contribution in [3.8, 4) is 0 Å². The molecule has 2 amide bonds. The number of hydrogen-bond donors (Lipinski definition) is 4. The zero-order valence-corrected chi connectivity index (χ0v) is 12.1. The second-order valence-electron chi connectivity index (χ2n) is 5.40. The van der Waals surface area contributed by atoms with E-state index in [4.69, 9.17) is 5.11 Å². The van der Waals surface area contributed by atoms with Crippen molar-refractivity contribution in [3.63, 3.8) is 0 Å². The van der Waals surface area contributed by atoms with Crippen molar-refractivity contribution in [1.82, 2.24) is 10.6 Å². The zero-order chi connectivity index (χ0) is 15.0. The topological polar surface area (TPSA) is 98.7 Å². The van der Waals surface area contributed by atoms with Crippen LogP contribution in [0.25, 0.3) is 0 Å². The summed E-state index contributed by atoms with van der Waals surface area (Å²) in [6, 6.07) is -1.88. The molecule has 0 bridgehead atoms. The normalized spacial score (nSPS) is 15.7. The standard InChI is InChI=1S/C13H26N2O4/c1-8(2)6-5-7-9(3)14-13(19)15-11(10(4)16)12(17)18/h8-11,16H,5-7H2,1-4H3,(H,17,18)(H2,14,15,19). The Hall–Kier alpha value is -1.30. The fraction of sp³-hybridized carbons (Fsp3) is 0.846. The van der Waals surface area contributed by atoms with Gasteiger partial charge < -0.3 is 20.8 Å². The molecule has 19 heavy (non-hydrogen) atoms. The summed E-state index contributed by atoms with van der Waals surface area (Å²) in [5.41, 5.74) is 0. The number of carbonyl (C=O) groups excluding carboxylic acids is 1. The van der Waals surface area contributed by atoms with Crippen LogP contribution in [0.2, 0.25) is 0 Å². The maximum atomic E-state index is 11.6. The Bertz CT molecular complexity index is 292. The predicted molar refractivity (Wildman–Crippen MR) is 72.9 cm³/mol. The fourth-order valence-electron chi connectivity index (χ4n) is 1.70. The number of aliphatic carboxylic acids is 1. The molecular formula is C13H26N2O4. The summed E-state index contributed by atoms with van der Waals surface area (Å²) in [4.78, 5) is 22.4. The minimum absolute atomic E-state index is 0.0257. The molecule has 0 radical (unpaired) electrons. The van der Waals surface area contributed by atoms with Gasteiger partial charge in [0.15, 0.2) is 6.04 Å². The van der Waals surface area contributed by atoms with Gasteiger partial charge >= 0.3 is 12.0 Å². The Kier molecular flexibility index (Phi) is 8.14. The summed E-state index contributed by atoms with van der Waals surface area (Å²) >= 11 is 0. The number of hydrogen-bond acceptors (Lipinski definition) is 3. The van der Waals surface area contributed by atoms with Crippen LogP contribution < -0.4 is 10.6 Å². The van der Waals surface area contributed by atoms with Crippen molar-refractivity contribution >= 4 is 12.0 Å². The summed E-state index contributed by atoms with van der Waals surface area (Å²) in [6.45, 7) is 7.49. The zero-order valence-electron chi connectivity index (χ0n) is 12.1. The van der Waals surface area contributed by atoms with E-state index in [1.165, 1.54) is 6.92 Å². The molecule has 0 heterocycles. The average Bonchev–Trinajstić information content (AvgIpc) is 2.24. The van der Waals surface area contributed by atoms with Crippen molar-refractivity contribution in [2.24, 2.45) is 5.92 Å². The third-order valence-electron chi connectivity index (χ3n) is 2.83. The van der Waals surface area contributed by atoms with Crippen LogP contribution in [0, 0.1) is 5.92 Å². The number of rotatable bonds is 8. The molecule has 0 aromatic rings. The fourth-order valence-corrected chi connectivity index (χ4v) is 1.70. The summed E-state index contributed by atoms with van der Waals surface area (Å²) in [5, 5.41) is 23.0. The van der Waals surface area contributed by atoms with Crippen LogP contribution in [0.4, 0.5) is 4.79 Å². The molecule has 3 atom stereocenters. The van der Waals surface area contributed by atoms with E-state index in [0.717, 1.165) is 19.3 Å². The molecule has 4 N–H and O–H groups in total. The number of nitrogens with one attached hydrogen (secondary N) is 2. The molecular weight excluding hydrogens is 248 g/mol. The minimum atomic E-state index is -1.29. The smallest absolute Gasteiger partial charge is 0.328 e. The lowest BCUT2D eigenvalue weighted by atomic mass is 10.0. The maximum Gasteiger partial charge on any atom is 0.328 e. The maximum absolute atomic E-state index is 11.6. The van der Waals surface area contributed by atoms with Gasteiger partial charge in [-0.1, -0.05) is 26.7 Å². The highest BCUT2D eigenvalue weighted by atomic mass is 16.4. The van der Waals surface area contributed by atoms with Crippen LogP contribution in [0.3, 0.4) is 0 Å². The third kappa shape index (κ3) is 8.42. The Labute approximate surface area is 114 Å². The molecule has 0 aliphatic carbocycles. The van der Waals surface area contributed by atoms with Crippen molar-refractivity contribution in [1.29, 1.82) is 0 Å². The monoisotopic (exact) mass is 274 g/mol. The molecule has 0 aliphatic heterocycles. The van der Waals surface area contributed by atoms with Crippen molar-refractivity contribution < 1.29 is 19.8 Å². The van der Waals surface area contributed by atoms with Gasteiger partial charge in [0.2, 0.25) is 0 Å². The van der Waals surface area contributed by atoms with Gasteiger partial charge in [0.1, 0.15) is 0 Å². The number of carboxylic acid groups (broad SMARTS) is 1. The van der Waals surface area contributed by atoms with Gasteiger partial charge in [0.05, 0.1) is 6.10 Å². The first-order valence-corrected chi connectivity index (χ1v) is 6.72. The number of carbonyl (C=O) groups is 2. The predicted octanol–water partition coefficient (Wildman–Crippen LogP) is 1.33. The largest absolute Gasteiger partial charge is 0.480 e. The highest BCUT2D eigenvalue weighted by Gasteiger charge is 2.25. The van der Waals surface area contributed by atoms with E-state index in [1.807, 2.05) is 6.92 Å². The number of carboxylic acids is 1. The van der Waals surface area contributed by atoms with Gasteiger partial charge in [0.25, 0.3) is 0 Å². The molecule has 0 saturated heterocycles. The molecule has 6 heteroatoms. The van der Waals surface area contributed by atoms with Gasteiger partial charge in [0, 0.05) is 6.04 Å². The molecule has 0 spiro atoms. The summed E-state index contributed by atoms with van der Waals surface area (Å²) in [6.07, 6.45) is 1.81. The molecule has 0 aromatic carbocycles. The summed E-state index contributed by atoms with van der Waals surface area (Å²) in [5.74, 6) is -0.620. The lowest BCUT2D eigenvalue weighted by Gasteiger charge is -2.20. The molecule has 3 unspecified atom stereocenters. The molecule has 0 aromatic heterocycles. The van der Waals surface area contributed by atoms with Crippen molar-refractivity contribution in [2.45, 2.75) is 65.1 Å². The molecule has 112 valence electrons. The second-order valence-corrected chi connectivity index (χ2v) is 5.40. The lowest BCUT2D eigenvalue weighted by Crippen LogP contribution is -2.52. The Morgan fingerprint density at radius 3 is 2.05 bits per heavy atom. The molecule has 6 nitrogen and oxygen atoms in total. The van der Waals surface area contributed by atoms with E-state index in [-0.39, 0.29) is 6.04 Å². The van der Waals surface area contributed by atoms with E-state index in [1.54, 1.807) is 0 Å². The molecule has 0 rings (SSSR count). The van der Waals surface area contributed by atoms with Crippen molar-refractivity contribution in [3.05, 3.63) is 0 Å². The van der Waals surface area contributed by atoms with Crippen molar-refractivity contribution in [2.75, 3.05) is 0 Å². The minimum Gasteiger partial charge on any atom is -0.480 e. The van der Waals surface area contributed by atoms with Gasteiger partial charge in [-0.3, -0.25) is 0 Å². The quantitative estimate of drug-likeness (QED) is 0.536. The van der Waals surface area contributed by atoms with Crippen LogP contribution in [-0.2, 0) is 4.79 Å². The van der Waals surface area contributed by atoms with Gasteiger partial charge in [-0.15, -0.1) is 0 Å². The first-order valence-electron chi connectivity index (χ1n) is 6.72. The number of aliphatic hydroxyl groups is 1. The molecule has 0 fully saturated rings. The highest BCUT2D eigenvalue weighted by molar-refractivity contribution is 5.83. The van der Waals surface area contributed by atoms with E-state index < -0.39 is 24.1 Å². The van der Waals surface area contributed by atoms with Gasteiger partial charge in [-0.05, 0) is 26.2 Å². The van der Waals surface area contributed by atoms with Crippen LogP contribution in [0.15, 0.2) is 0 Å². The van der Waals surface area contributed by atoms with Crippen LogP contribution in [-0.4, -0.2) is 40.4 Å². The van der Waals surface area contributed by atoms with E-state index >= 15 is 0 Å². The molecule has 0 aliphatic rings. The Morgan fingerprint density at radius 2 is 1.63 bits per heavy atom. The summed E-state index contributed by atoms with van der Waals surface area (Å²) < 4.78 is 0. The highest BCUT2D eigenvalue weighted by Crippen LogP contribution is 2.08. The SMILES string of the molecule is CC(C)CCCC(C)NC(=O)NC(C(=O)O)C(C)O. The average molecular weight is 274 g/mol. The van der Waals surface area contributed by atoms with Crippen LogP contribution in [0.1, 0.15) is 47.0 Å². The van der Waals surface area contributed by atoms with Crippen LogP contribution >= 0.6 is 0 Å². The number of urea groups is 1.